The van der Waals surface area contributed by atoms with Crippen molar-refractivity contribution in [1.82, 2.24) is 9.88 Å². The summed E-state index contributed by atoms with van der Waals surface area (Å²) in [6.07, 6.45) is 1.68. The van der Waals surface area contributed by atoms with Crippen LogP contribution in [0.3, 0.4) is 0 Å². The van der Waals surface area contributed by atoms with Crippen LogP contribution in [0.1, 0.15) is 12.5 Å². The van der Waals surface area contributed by atoms with E-state index in [0.29, 0.717) is 21.6 Å². The minimum Gasteiger partial charge on any atom is -0.399 e. The van der Waals surface area contributed by atoms with Crippen molar-refractivity contribution in [3.05, 3.63) is 59.1 Å². The Hall–Kier alpha value is -2.60. The number of amidine groups is 1. The third-order valence-corrected chi connectivity index (χ3v) is 4.73. The highest BCUT2D eigenvalue weighted by Gasteiger charge is 2.32. The second kappa shape index (κ2) is 6.26. The lowest BCUT2D eigenvalue weighted by molar-refractivity contribution is -0.121. The minimum atomic E-state index is -0.0652. The number of thioether (sulfide) groups is 1. The summed E-state index contributed by atoms with van der Waals surface area (Å²) >= 11 is 1.36. The first-order valence-corrected chi connectivity index (χ1v) is 7.90. The summed E-state index contributed by atoms with van der Waals surface area (Å²) < 4.78 is 0. The van der Waals surface area contributed by atoms with Crippen LogP contribution in [-0.4, -0.2) is 28.0 Å². The van der Waals surface area contributed by atoms with E-state index in [2.05, 4.69) is 9.98 Å². The quantitative estimate of drug-likeness (QED) is 0.679. The summed E-state index contributed by atoms with van der Waals surface area (Å²) in [5, 5.41) is 0.618. The number of aromatic nitrogens is 1. The van der Waals surface area contributed by atoms with E-state index in [-0.39, 0.29) is 5.91 Å². The molecule has 1 fully saturated rings. The van der Waals surface area contributed by atoms with Gasteiger partial charge in [-0.15, -0.1) is 0 Å². The van der Waals surface area contributed by atoms with Crippen molar-refractivity contribution in [1.29, 1.82) is 0 Å². The Morgan fingerprint density at radius 1 is 1.26 bits per heavy atom. The van der Waals surface area contributed by atoms with Crippen molar-refractivity contribution >= 4 is 39.9 Å². The van der Waals surface area contributed by atoms with Gasteiger partial charge in [-0.1, -0.05) is 18.2 Å². The molecular weight excluding hydrogens is 308 g/mol. The van der Waals surface area contributed by atoms with Crippen LogP contribution >= 0.6 is 11.8 Å². The molecule has 0 spiro atoms. The van der Waals surface area contributed by atoms with E-state index in [1.807, 2.05) is 43.3 Å². The molecule has 1 aromatic heterocycles. The minimum absolute atomic E-state index is 0.0652. The van der Waals surface area contributed by atoms with Crippen LogP contribution in [0.25, 0.3) is 5.57 Å². The summed E-state index contributed by atoms with van der Waals surface area (Å²) in [4.78, 5) is 23.3. The predicted octanol–water partition coefficient (Wildman–Crippen LogP) is 3.29. The van der Waals surface area contributed by atoms with Gasteiger partial charge in [0.2, 0.25) is 0 Å². The topological polar surface area (TPSA) is 71.6 Å². The molecule has 0 saturated carbocycles. The van der Waals surface area contributed by atoms with Gasteiger partial charge in [0.15, 0.2) is 11.0 Å². The van der Waals surface area contributed by atoms with E-state index >= 15 is 0 Å². The molecule has 2 heterocycles. The molecule has 0 atom stereocenters. The number of nitrogen functional groups attached to an aromatic ring is 1. The maximum atomic E-state index is 12.5. The highest BCUT2D eigenvalue weighted by atomic mass is 32.2. The molecule has 23 heavy (non-hydrogen) atoms. The Kier molecular flexibility index (Phi) is 4.16. The molecule has 6 heteroatoms. The average molecular weight is 324 g/mol. The summed E-state index contributed by atoms with van der Waals surface area (Å²) in [6, 6.07) is 13.0. The van der Waals surface area contributed by atoms with E-state index < -0.39 is 0 Å². The van der Waals surface area contributed by atoms with Crippen LogP contribution < -0.4 is 5.73 Å². The van der Waals surface area contributed by atoms with Gasteiger partial charge < -0.3 is 5.73 Å². The second-order valence-electron chi connectivity index (χ2n) is 5.13. The van der Waals surface area contributed by atoms with Gasteiger partial charge in [-0.05, 0) is 54.1 Å². The number of likely N-dealkylation sites (N-methyl/N-ethyl adjacent to an activating group) is 1. The number of nitrogens with two attached hydrogens (primary N) is 1. The maximum Gasteiger partial charge on any atom is 0.266 e. The van der Waals surface area contributed by atoms with E-state index in [4.69, 9.17) is 5.73 Å². The summed E-state index contributed by atoms with van der Waals surface area (Å²) in [5.74, 6) is 0.516. The first-order valence-electron chi connectivity index (χ1n) is 7.08. The monoisotopic (exact) mass is 324 g/mol. The molecule has 1 amide bonds. The number of carbonyl (C=O) groups is 1. The number of hydrogen-bond acceptors (Lipinski definition) is 5. The van der Waals surface area contributed by atoms with Crippen molar-refractivity contribution in [2.24, 2.45) is 4.99 Å². The molecule has 116 valence electrons. The fourth-order valence-electron chi connectivity index (χ4n) is 2.20. The van der Waals surface area contributed by atoms with Gasteiger partial charge in [0.1, 0.15) is 0 Å². The molecule has 2 aromatic rings. The number of nitrogens with zero attached hydrogens (tertiary/aromatic N) is 3. The third kappa shape index (κ3) is 3.12. The van der Waals surface area contributed by atoms with Gasteiger partial charge in [-0.3, -0.25) is 9.69 Å². The molecular formula is C17H16N4OS. The zero-order valence-corrected chi connectivity index (χ0v) is 13.7. The maximum absolute atomic E-state index is 12.5. The lowest BCUT2D eigenvalue weighted by Gasteiger charge is -2.07. The van der Waals surface area contributed by atoms with Crippen LogP contribution in [0.4, 0.5) is 11.5 Å². The second-order valence-corrected chi connectivity index (χ2v) is 6.11. The van der Waals surface area contributed by atoms with Crippen molar-refractivity contribution in [3.63, 3.8) is 0 Å². The number of pyridine rings is 1. The number of amides is 1. The molecule has 1 aromatic carbocycles. The van der Waals surface area contributed by atoms with Gasteiger partial charge in [-0.2, -0.15) is 0 Å². The lowest BCUT2D eigenvalue weighted by atomic mass is 10.1. The van der Waals surface area contributed by atoms with Gasteiger partial charge in [0, 0.05) is 18.9 Å². The summed E-state index contributed by atoms with van der Waals surface area (Å²) in [6.45, 7) is 1.92. The van der Waals surface area contributed by atoms with Crippen molar-refractivity contribution in [2.45, 2.75) is 6.92 Å². The number of aliphatic imine (C=N–C) groups is 1. The van der Waals surface area contributed by atoms with Crippen LogP contribution in [-0.2, 0) is 4.79 Å². The Labute approximate surface area is 138 Å². The third-order valence-electron chi connectivity index (χ3n) is 3.50. The van der Waals surface area contributed by atoms with Crippen molar-refractivity contribution in [3.8, 4) is 0 Å². The van der Waals surface area contributed by atoms with Gasteiger partial charge in [0.05, 0.1) is 4.91 Å². The fraction of sp³-hybridized carbons (Fsp3) is 0.118. The van der Waals surface area contributed by atoms with Gasteiger partial charge >= 0.3 is 0 Å². The molecule has 0 bridgehead atoms. The first kappa shape index (κ1) is 15.3. The number of benzene rings is 1. The molecule has 0 radical (unpaired) electrons. The highest BCUT2D eigenvalue weighted by Crippen LogP contribution is 2.36. The van der Waals surface area contributed by atoms with Gasteiger partial charge in [-0.25, -0.2) is 9.98 Å². The van der Waals surface area contributed by atoms with E-state index in [1.54, 1.807) is 24.2 Å². The van der Waals surface area contributed by atoms with E-state index in [0.717, 1.165) is 11.1 Å². The largest absolute Gasteiger partial charge is 0.399 e. The molecule has 5 nitrogen and oxygen atoms in total. The standard InChI is InChI=1S/C17H16N4OS/c1-11(12-6-5-7-13(18)10-12)15-16(22)21(2)17(23-15)20-14-8-3-4-9-19-14/h3-10H,18H2,1-2H3/b15-11-,20-17+. The highest BCUT2D eigenvalue weighted by molar-refractivity contribution is 8.18. The molecule has 0 aliphatic carbocycles. The Bertz CT molecular complexity index is 814. The Morgan fingerprint density at radius 2 is 2.09 bits per heavy atom. The van der Waals surface area contributed by atoms with Crippen LogP contribution in [0.15, 0.2) is 58.6 Å². The van der Waals surface area contributed by atoms with Crippen LogP contribution in [0, 0.1) is 0 Å². The van der Waals surface area contributed by atoms with Crippen LogP contribution in [0.2, 0.25) is 0 Å². The SMILES string of the molecule is C/C(=C1/S/C(=N/c2ccccn2)N(C)C1=O)c1cccc(N)c1. The zero-order chi connectivity index (χ0) is 16.4. The lowest BCUT2D eigenvalue weighted by Crippen LogP contribution is -2.24. The van der Waals surface area contributed by atoms with Crippen molar-refractivity contribution in [2.75, 3.05) is 12.8 Å². The molecule has 1 aliphatic heterocycles. The molecule has 1 aliphatic rings. The number of allylic oxidation sites excluding steroid dienone is 1. The number of hydrogen-bond donors (Lipinski definition) is 1. The predicted molar refractivity (Wildman–Crippen MR) is 95.1 cm³/mol. The first-order chi connectivity index (χ1) is 11.1. The molecule has 1 saturated heterocycles. The number of rotatable bonds is 2. The van der Waals surface area contributed by atoms with E-state index in [1.165, 1.54) is 11.8 Å². The fourth-order valence-corrected chi connectivity index (χ4v) is 3.24. The Balaban J connectivity index is 1.98. The molecule has 0 unspecified atom stereocenters. The number of carbonyl (C=O) groups excluding carboxylic acids is 1. The normalized spacial score (nSPS) is 18.6. The Morgan fingerprint density at radius 3 is 2.78 bits per heavy atom. The molecule has 2 N–H and O–H groups in total. The van der Waals surface area contributed by atoms with E-state index in [9.17, 15) is 4.79 Å². The van der Waals surface area contributed by atoms with Crippen molar-refractivity contribution < 1.29 is 4.79 Å². The number of anilines is 1. The van der Waals surface area contributed by atoms with Gasteiger partial charge in [0.25, 0.3) is 5.91 Å². The average Bonchev–Trinajstić information content (AvgIpc) is 2.84. The van der Waals surface area contributed by atoms with Crippen LogP contribution in [0.5, 0.6) is 0 Å². The zero-order valence-electron chi connectivity index (χ0n) is 12.9. The smallest absolute Gasteiger partial charge is 0.266 e. The summed E-state index contributed by atoms with van der Waals surface area (Å²) in [7, 11) is 1.72. The summed E-state index contributed by atoms with van der Waals surface area (Å²) in [5.41, 5.74) is 8.34. The molecule has 3 rings (SSSR count).